The molecule has 0 unspecified atom stereocenters. The molecule has 1 aromatic carbocycles. The Labute approximate surface area is 95.3 Å². The summed E-state index contributed by atoms with van der Waals surface area (Å²) >= 11 is 0. The molecule has 0 atom stereocenters. The van der Waals surface area contributed by atoms with Gasteiger partial charge in [0.15, 0.2) is 0 Å². The fourth-order valence-corrected chi connectivity index (χ4v) is 1.92. The third-order valence-corrected chi connectivity index (χ3v) is 3.02. The standard InChI is InChI=1S/C13H15FN2/c1-2-16(12-4-5-12)9-11-7-10(8-15)3-6-13(11)14/h3,6-7,12H,2,4-5,9H2,1H3. The van der Waals surface area contributed by atoms with Crippen molar-refractivity contribution in [3.63, 3.8) is 0 Å². The van der Waals surface area contributed by atoms with E-state index in [1.807, 2.05) is 6.07 Å². The quantitative estimate of drug-likeness (QED) is 0.777. The van der Waals surface area contributed by atoms with Crippen LogP contribution in [0.5, 0.6) is 0 Å². The molecule has 1 fully saturated rings. The lowest BCUT2D eigenvalue weighted by atomic mass is 10.1. The first kappa shape index (κ1) is 11.1. The molecule has 0 radical (unpaired) electrons. The summed E-state index contributed by atoms with van der Waals surface area (Å²) in [6.45, 7) is 3.63. The Kier molecular flexibility index (Phi) is 3.21. The average molecular weight is 218 g/mol. The minimum absolute atomic E-state index is 0.210. The van der Waals surface area contributed by atoms with Crippen molar-refractivity contribution in [3.8, 4) is 6.07 Å². The number of nitriles is 1. The van der Waals surface area contributed by atoms with E-state index in [1.54, 1.807) is 6.07 Å². The van der Waals surface area contributed by atoms with Crippen LogP contribution in [0.3, 0.4) is 0 Å². The molecule has 84 valence electrons. The van der Waals surface area contributed by atoms with E-state index in [9.17, 15) is 4.39 Å². The van der Waals surface area contributed by atoms with Crippen molar-refractivity contribution in [2.24, 2.45) is 0 Å². The minimum Gasteiger partial charge on any atom is -0.296 e. The van der Waals surface area contributed by atoms with Crippen LogP contribution in [0.1, 0.15) is 30.9 Å². The van der Waals surface area contributed by atoms with Gasteiger partial charge in [-0.1, -0.05) is 6.92 Å². The molecule has 16 heavy (non-hydrogen) atoms. The van der Waals surface area contributed by atoms with E-state index in [2.05, 4.69) is 11.8 Å². The summed E-state index contributed by atoms with van der Waals surface area (Å²) in [7, 11) is 0. The van der Waals surface area contributed by atoms with Crippen LogP contribution in [0.25, 0.3) is 0 Å². The fraction of sp³-hybridized carbons (Fsp3) is 0.462. The molecule has 2 nitrogen and oxygen atoms in total. The molecular weight excluding hydrogens is 203 g/mol. The third-order valence-electron chi connectivity index (χ3n) is 3.02. The van der Waals surface area contributed by atoms with Crippen molar-refractivity contribution in [1.29, 1.82) is 5.26 Å². The van der Waals surface area contributed by atoms with E-state index in [4.69, 9.17) is 5.26 Å². The fourth-order valence-electron chi connectivity index (χ4n) is 1.92. The van der Waals surface area contributed by atoms with Crippen molar-refractivity contribution < 1.29 is 4.39 Å². The normalized spacial score (nSPS) is 15.1. The second kappa shape index (κ2) is 4.63. The maximum absolute atomic E-state index is 13.6. The van der Waals surface area contributed by atoms with Crippen molar-refractivity contribution >= 4 is 0 Å². The van der Waals surface area contributed by atoms with Crippen LogP contribution < -0.4 is 0 Å². The summed E-state index contributed by atoms with van der Waals surface area (Å²) in [5.41, 5.74) is 1.16. The molecule has 0 amide bonds. The van der Waals surface area contributed by atoms with E-state index in [1.165, 1.54) is 25.0 Å². The number of hydrogen-bond acceptors (Lipinski definition) is 2. The first-order valence-electron chi connectivity index (χ1n) is 5.67. The van der Waals surface area contributed by atoms with E-state index in [0.717, 1.165) is 6.54 Å². The van der Waals surface area contributed by atoms with Crippen molar-refractivity contribution in [3.05, 3.63) is 35.1 Å². The van der Waals surface area contributed by atoms with Crippen molar-refractivity contribution in [1.82, 2.24) is 4.90 Å². The lowest BCUT2D eigenvalue weighted by Gasteiger charge is -2.20. The summed E-state index contributed by atoms with van der Waals surface area (Å²) in [5, 5.41) is 8.78. The molecule has 0 heterocycles. The van der Waals surface area contributed by atoms with Gasteiger partial charge in [0.25, 0.3) is 0 Å². The Morgan fingerprint density at radius 2 is 2.25 bits per heavy atom. The maximum atomic E-state index is 13.6. The summed E-state index contributed by atoms with van der Waals surface area (Å²) in [6.07, 6.45) is 2.43. The summed E-state index contributed by atoms with van der Waals surface area (Å²) in [4.78, 5) is 2.26. The van der Waals surface area contributed by atoms with Crippen molar-refractivity contribution in [2.75, 3.05) is 6.54 Å². The number of hydrogen-bond donors (Lipinski definition) is 0. The molecule has 0 N–H and O–H groups in total. The largest absolute Gasteiger partial charge is 0.296 e. The van der Waals surface area contributed by atoms with Crippen LogP contribution in [0.15, 0.2) is 18.2 Å². The Hall–Kier alpha value is -1.40. The highest BCUT2D eigenvalue weighted by Gasteiger charge is 2.28. The van der Waals surface area contributed by atoms with E-state index in [0.29, 0.717) is 23.7 Å². The minimum atomic E-state index is -0.210. The lowest BCUT2D eigenvalue weighted by Crippen LogP contribution is -2.25. The number of benzene rings is 1. The predicted molar refractivity (Wildman–Crippen MR) is 60.2 cm³/mol. The van der Waals surface area contributed by atoms with Gasteiger partial charge in [0.2, 0.25) is 0 Å². The zero-order chi connectivity index (χ0) is 11.5. The van der Waals surface area contributed by atoms with Crippen LogP contribution in [0, 0.1) is 17.1 Å². The number of rotatable bonds is 4. The second-order valence-electron chi connectivity index (χ2n) is 4.21. The van der Waals surface area contributed by atoms with E-state index >= 15 is 0 Å². The molecule has 1 saturated carbocycles. The summed E-state index contributed by atoms with van der Waals surface area (Å²) in [5.74, 6) is -0.210. The van der Waals surface area contributed by atoms with Crippen molar-refractivity contribution in [2.45, 2.75) is 32.4 Å². The first-order chi connectivity index (χ1) is 7.74. The van der Waals surface area contributed by atoms with Gasteiger partial charge in [-0.15, -0.1) is 0 Å². The number of halogens is 1. The molecule has 0 aromatic heterocycles. The van der Waals surface area contributed by atoms with Gasteiger partial charge in [0.05, 0.1) is 11.6 Å². The van der Waals surface area contributed by atoms with Gasteiger partial charge >= 0.3 is 0 Å². The molecule has 0 bridgehead atoms. The summed E-state index contributed by atoms with van der Waals surface area (Å²) < 4.78 is 13.6. The van der Waals surface area contributed by atoms with Gasteiger partial charge in [-0.2, -0.15) is 5.26 Å². The van der Waals surface area contributed by atoms with E-state index in [-0.39, 0.29) is 5.82 Å². The molecule has 2 rings (SSSR count). The van der Waals surface area contributed by atoms with Crippen LogP contribution in [0.2, 0.25) is 0 Å². The van der Waals surface area contributed by atoms with Crippen LogP contribution in [0.4, 0.5) is 4.39 Å². The van der Waals surface area contributed by atoms with E-state index < -0.39 is 0 Å². The van der Waals surface area contributed by atoms with Crippen LogP contribution in [-0.2, 0) is 6.54 Å². The molecule has 1 aromatic rings. The van der Waals surface area contributed by atoms with Gasteiger partial charge in [-0.25, -0.2) is 4.39 Å². The van der Waals surface area contributed by atoms with Crippen LogP contribution in [-0.4, -0.2) is 17.5 Å². The number of nitrogens with zero attached hydrogens (tertiary/aromatic N) is 2. The zero-order valence-corrected chi connectivity index (χ0v) is 9.41. The van der Waals surface area contributed by atoms with Crippen LogP contribution >= 0.6 is 0 Å². The average Bonchev–Trinajstić information content (AvgIpc) is 3.12. The van der Waals surface area contributed by atoms with Gasteiger partial charge in [-0.3, -0.25) is 4.90 Å². The summed E-state index contributed by atoms with van der Waals surface area (Å²) in [6, 6.07) is 7.22. The highest BCUT2D eigenvalue weighted by atomic mass is 19.1. The Balaban J connectivity index is 2.15. The molecule has 0 saturated heterocycles. The first-order valence-corrected chi connectivity index (χ1v) is 5.67. The smallest absolute Gasteiger partial charge is 0.127 e. The third kappa shape index (κ3) is 2.40. The zero-order valence-electron chi connectivity index (χ0n) is 9.41. The Morgan fingerprint density at radius 3 is 2.81 bits per heavy atom. The molecule has 1 aliphatic carbocycles. The monoisotopic (exact) mass is 218 g/mol. The SMILES string of the molecule is CCN(Cc1cc(C#N)ccc1F)C1CC1. The van der Waals surface area contributed by atoms with Gasteiger partial charge in [0.1, 0.15) is 5.82 Å². The lowest BCUT2D eigenvalue weighted by molar-refractivity contribution is 0.265. The molecule has 1 aliphatic rings. The Bertz CT molecular complexity index is 418. The van der Waals surface area contributed by atoms with Gasteiger partial charge in [-0.05, 0) is 37.6 Å². The predicted octanol–water partition coefficient (Wildman–Crippen LogP) is 2.68. The molecule has 3 heteroatoms. The highest BCUT2D eigenvalue weighted by molar-refractivity contribution is 5.33. The molecule has 0 spiro atoms. The Morgan fingerprint density at radius 1 is 1.50 bits per heavy atom. The van der Waals surface area contributed by atoms with Gasteiger partial charge in [0, 0.05) is 18.2 Å². The topological polar surface area (TPSA) is 27.0 Å². The maximum Gasteiger partial charge on any atom is 0.127 e. The molecule has 0 aliphatic heterocycles. The second-order valence-corrected chi connectivity index (χ2v) is 4.21. The molecular formula is C13H15FN2. The highest BCUT2D eigenvalue weighted by Crippen LogP contribution is 2.28. The van der Waals surface area contributed by atoms with Gasteiger partial charge < -0.3 is 0 Å².